The molecule has 5 heteroatoms. The molecule has 2 aromatic rings. The van der Waals surface area contributed by atoms with Gasteiger partial charge in [-0.05, 0) is 32.9 Å². The standard InChI is InChI=1S/C13H15NO3S/c1-13(2,3)17-11(15)7-9-8-18-12(14-9)10-5-4-6-16-10/h4-6,8H,7H2,1-3H3. The SMILES string of the molecule is CC(C)(C)OC(=O)Cc1csc(-c2ccco2)n1. The molecule has 0 saturated heterocycles. The van der Waals surface area contributed by atoms with Gasteiger partial charge in [-0.3, -0.25) is 4.79 Å². The van der Waals surface area contributed by atoms with Crippen LogP contribution in [0.3, 0.4) is 0 Å². The lowest BCUT2D eigenvalue weighted by molar-refractivity contribution is -0.153. The average Bonchev–Trinajstić information content (AvgIpc) is 2.82. The summed E-state index contributed by atoms with van der Waals surface area (Å²) in [5.74, 6) is 0.453. The number of hydrogen-bond donors (Lipinski definition) is 0. The van der Waals surface area contributed by atoms with Crippen molar-refractivity contribution in [3.8, 4) is 10.8 Å². The first-order valence-electron chi connectivity index (χ1n) is 5.64. The molecule has 0 aromatic carbocycles. The summed E-state index contributed by atoms with van der Waals surface area (Å²) in [6.07, 6.45) is 1.79. The van der Waals surface area contributed by atoms with Gasteiger partial charge in [-0.2, -0.15) is 0 Å². The summed E-state index contributed by atoms with van der Waals surface area (Å²) >= 11 is 1.45. The van der Waals surface area contributed by atoms with E-state index >= 15 is 0 Å². The van der Waals surface area contributed by atoms with Gasteiger partial charge in [0.25, 0.3) is 0 Å². The van der Waals surface area contributed by atoms with Crippen molar-refractivity contribution < 1.29 is 13.9 Å². The minimum absolute atomic E-state index is 0.189. The molecule has 2 rings (SSSR count). The highest BCUT2D eigenvalue weighted by Gasteiger charge is 2.18. The Morgan fingerprint density at radius 2 is 2.28 bits per heavy atom. The van der Waals surface area contributed by atoms with Crippen molar-refractivity contribution in [2.24, 2.45) is 0 Å². The molecule has 4 nitrogen and oxygen atoms in total. The molecule has 0 radical (unpaired) electrons. The third kappa shape index (κ3) is 3.43. The second kappa shape index (κ2) is 4.94. The van der Waals surface area contributed by atoms with Gasteiger partial charge in [0.2, 0.25) is 0 Å². The summed E-state index contributed by atoms with van der Waals surface area (Å²) in [5, 5.41) is 2.63. The fourth-order valence-electron chi connectivity index (χ4n) is 1.43. The van der Waals surface area contributed by atoms with E-state index < -0.39 is 5.60 Å². The summed E-state index contributed by atoms with van der Waals surface area (Å²) in [6.45, 7) is 5.54. The Morgan fingerprint density at radius 3 is 2.89 bits per heavy atom. The van der Waals surface area contributed by atoms with Crippen LogP contribution in [0, 0.1) is 0 Å². The Balaban J connectivity index is 2.01. The largest absolute Gasteiger partial charge is 0.462 e. The maximum absolute atomic E-state index is 11.6. The summed E-state index contributed by atoms with van der Waals surface area (Å²) in [5.41, 5.74) is 0.248. The normalized spacial score (nSPS) is 11.5. The molecule has 2 heterocycles. The highest BCUT2D eigenvalue weighted by molar-refractivity contribution is 7.13. The van der Waals surface area contributed by atoms with Crippen LogP contribution in [0.4, 0.5) is 0 Å². The van der Waals surface area contributed by atoms with Crippen LogP contribution < -0.4 is 0 Å². The molecule has 0 N–H and O–H groups in total. The monoisotopic (exact) mass is 265 g/mol. The zero-order valence-corrected chi connectivity index (χ0v) is 11.4. The Bertz CT molecular complexity index is 523. The third-order valence-electron chi connectivity index (χ3n) is 2.03. The Kier molecular flexibility index (Phi) is 3.52. The number of hydrogen-bond acceptors (Lipinski definition) is 5. The third-order valence-corrected chi connectivity index (χ3v) is 2.93. The first kappa shape index (κ1) is 12.8. The summed E-state index contributed by atoms with van der Waals surface area (Å²) in [6, 6.07) is 3.65. The van der Waals surface area contributed by atoms with E-state index in [9.17, 15) is 4.79 Å². The number of rotatable bonds is 3. The van der Waals surface area contributed by atoms with Crippen molar-refractivity contribution in [1.82, 2.24) is 4.98 Å². The highest BCUT2D eigenvalue weighted by atomic mass is 32.1. The summed E-state index contributed by atoms with van der Waals surface area (Å²) < 4.78 is 10.5. The Morgan fingerprint density at radius 1 is 1.50 bits per heavy atom. The predicted octanol–water partition coefficient (Wildman–Crippen LogP) is 3.29. The molecule has 0 amide bonds. The van der Waals surface area contributed by atoms with E-state index in [4.69, 9.17) is 9.15 Å². The second-order valence-corrected chi connectivity index (χ2v) is 5.74. The van der Waals surface area contributed by atoms with Crippen LogP contribution in [0.15, 0.2) is 28.2 Å². The second-order valence-electron chi connectivity index (χ2n) is 4.88. The van der Waals surface area contributed by atoms with Gasteiger partial charge in [-0.15, -0.1) is 11.3 Å². The number of nitrogens with zero attached hydrogens (tertiary/aromatic N) is 1. The minimum Gasteiger partial charge on any atom is -0.462 e. The molecule has 0 aliphatic rings. The quantitative estimate of drug-likeness (QED) is 0.799. The zero-order valence-electron chi connectivity index (χ0n) is 10.6. The van der Waals surface area contributed by atoms with Crippen LogP contribution in [0.2, 0.25) is 0 Å². The molecule has 2 aromatic heterocycles. The van der Waals surface area contributed by atoms with E-state index in [1.54, 1.807) is 6.26 Å². The molecule has 0 unspecified atom stereocenters. The van der Waals surface area contributed by atoms with Gasteiger partial charge in [-0.25, -0.2) is 4.98 Å². The predicted molar refractivity (Wildman–Crippen MR) is 69.4 cm³/mol. The van der Waals surface area contributed by atoms with Gasteiger partial charge < -0.3 is 9.15 Å². The van der Waals surface area contributed by atoms with Crippen LogP contribution in [-0.4, -0.2) is 16.6 Å². The van der Waals surface area contributed by atoms with Crippen LogP contribution in [0.5, 0.6) is 0 Å². The van der Waals surface area contributed by atoms with Crippen LogP contribution in [0.25, 0.3) is 10.8 Å². The van der Waals surface area contributed by atoms with E-state index in [1.807, 2.05) is 38.3 Å². The number of aromatic nitrogens is 1. The number of thiazole rings is 1. The fourth-order valence-corrected chi connectivity index (χ4v) is 2.21. The Labute approximate surface area is 110 Å². The van der Waals surface area contributed by atoms with Crippen molar-refractivity contribution in [1.29, 1.82) is 0 Å². The molecule has 0 fully saturated rings. The maximum Gasteiger partial charge on any atom is 0.312 e. The molecule has 0 atom stereocenters. The first-order valence-corrected chi connectivity index (χ1v) is 6.52. The van der Waals surface area contributed by atoms with Crippen LogP contribution in [-0.2, 0) is 16.0 Å². The van der Waals surface area contributed by atoms with Crippen molar-refractivity contribution in [3.63, 3.8) is 0 Å². The molecule has 0 saturated carbocycles. The van der Waals surface area contributed by atoms with Gasteiger partial charge >= 0.3 is 5.97 Å². The molecule has 0 bridgehead atoms. The van der Waals surface area contributed by atoms with E-state index in [0.717, 1.165) is 10.8 Å². The number of esters is 1. The smallest absolute Gasteiger partial charge is 0.312 e. The lowest BCUT2D eigenvalue weighted by Crippen LogP contribution is -2.24. The molecule has 0 aliphatic heterocycles. The minimum atomic E-state index is -0.461. The molecule has 0 spiro atoms. The molecule has 18 heavy (non-hydrogen) atoms. The lowest BCUT2D eigenvalue weighted by Gasteiger charge is -2.18. The van der Waals surface area contributed by atoms with Gasteiger partial charge in [0.15, 0.2) is 10.8 Å². The number of ether oxygens (including phenoxy) is 1. The van der Waals surface area contributed by atoms with E-state index in [2.05, 4.69) is 4.98 Å². The van der Waals surface area contributed by atoms with Gasteiger partial charge in [0, 0.05) is 5.38 Å². The fraction of sp³-hybridized carbons (Fsp3) is 0.385. The average molecular weight is 265 g/mol. The van der Waals surface area contributed by atoms with Crippen molar-refractivity contribution >= 4 is 17.3 Å². The topological polar surface area (TPSA) is 52.3 Å². The van der Waals surface area contributed by atoms with Crippen molar-refractivity contribution in [2.45, 2.75) is 32.8 Å². The molecular formula is C13H15NO3S. The van der Waals surface area contributed by atoms with E-state index in [0.29, 0.717) is 5.69 Å². The zero-order chi connectivity index (χ0) is 13.2. The lowest BCUT2D eigenvalue weighted by atomic mass is 10.2. The first-order chi connectivity index (χ1) is 8.44. The summed E-state index contributed by atoms with van der Waals surface area (Å²) in [4.78, 5) is 16.0. The van der Waals surface area contributed by atoms with Crippen LogP contribution >= 0.6 is 11.3 Å². The van der Waals surface area contributed by atoms with Crippen LogP contribution in [0.1, 0.15) is 26.5 Å². The number of carbonyl (C=O) groups excluding carboxylic acids is 1. The van der Waals surface area contributed by atoms with Crippen molar-refractivity contribution in [2.75, 3.05) is 0 Å². The Hall–Kier alpha value is -1.62. The molecule has 0 aliphatic carbocycles. The van der Waals surface area contributed by atoms with E-state index in [-0.39, 0.29) is 12.4 Å². The van der Waals surface area contributed by atoms with Gasteiger partial charge in [0.1, 0.15) is 5.60 Å². The maximum atomic E-state index is 11.6. The van der Waals surface area contributed by atoms with E-state index in [1.165, 1.54) is 11.3 Å². The summed E-state index contributed by atoms with van der Waals surface area (Å²) in [7, 11) is 0. The van der Waals surface area contributed by atoms with Gasteiger partial charge in [-0.1, -0.05) is 0 Å². The number of carbonyl (C=O) groups is 1. The molecule has 96 valence electrons. The van der Waals surface area contributed by atoms with Gasteiger partial charge in [0.05, 0.1) is 18.4 Å². The molecular weight excluding hydrogens is 250 g/mol. The number of furan rings is 1. The van der Waals surface area contributed by atoms with Crippen molar-refractivity contribution in [3.05, 3.63) is 29.5 Å². The highest BCUT2D eigenvalue weighted by Crippen LogP contribution is 2.24.